The van der Waals surface area contributed by atoms with Gasteiger partial charge in [0.15, 0.2) is 0 Å². The van der Waals surface area contributed by atoms with Gasteiger partial charge < -0.3 is 14.7 Å². The molecular weight excluding hydrogens is 258 g/mol. The predicted molar refractivity (Wildman–Crippen MR) is 77.0 cm³/mol. The summed E-state index contributed by atoms with van der Waals surface area (Å²) >= 11 is 0. The molecule has 0 radical (unpaired) electrons. The number of ether oxygens (including phenoxy) is 1. The van der Waals surface area contributed by atoms with Crippen LogP contribution >= 0.6 is 0 Å². The summed E-state index contributed by atoms with van der Waals surface area (Å²) in [7, 11) is 0. The zero-order chi connectivity index (χ0) is 14.5. The fourth-order valence-electron chi connectivity index (χ4n) is 2.51. The lowest BCUT2D eigenvalue weighted by molar-refractivity contribution is 0.0735. The molecule has 0 aliphatic carbocycles. The normalized spacial score (nSPS) is 20.1. The molecule has 1 N–H and O–H groups in total. The smallest absolute Gasteiger partial charge is 0.268 e. The molecule has 0 aromatic carbocycles. The van der Waals surface area contributed by atoms with E-state index in [1.165, 1.54) is 4.68 Å². The molecule has 0 bridgehead atoms. The molecule has 2 rings (SSSR count). The average molecular weight is 281 g/mol. The Kier molecular flexibility index (Phi) is 5.14. The first-order valence-corrected chi connectivity index (χ1v) is 7.23. The maximum Gasteiger partial charge on any atom is 0.268 e. The van der Waals surface area contributed by atoms with Crippen LogP contribution in [0.2, 0.25) is 0 Å². The summed E-state index contributed by atoms with van der Waals surface area (Å²) in [5.74, 6) is 0.103. The molecule has 0 spiro atoms. The van der Waals surface area contributed by atoms with Gasteiger partial charge in [-0.1, -0.05) is 0 Å². The first-order valence-electron chi connectivity index (χ1n) is 7.23. The Morgan fingerprint density at radius 2 is 2.30 bits per heavy atom. The first-order chi connectivity index (χ1) is 9.65. The van der Waals surface area contributed by atoms with Crippen molar-refractivity contribution >= 4 is 5.69 Å². The van der Waals surface area contributed by atoms with Crippen molar-refractivity contribution in [3.05, 3.63) is 22.6 Å². The summed E-state index contributed by atoms with van der Waals surface area (Å²) in [5, 5.41) is 14.3. The molecule has 1 aliphatic rings. The minimum atomic E-state index is -0.581. The van der Waals surface area contributed by atoms with Gasteiger partial charge in [0, 0.05) is 31.7 Å². The van der Waals surface area contributed by atoms with Crippen molar-refractivity contribution in [1.82, 2.24) is 9.78 Å². The maximum absolute atomic E-state index is 12.1. The summed E-state index contributed by atoms with van der Waals surface area (Å²) in [6, 6.07) is 1.58. The topological polar surface area (TPSA) is 67.6 Å². The van der Waals surface area contributed by atoms with Crippen LogP contribution in [-0.2, 0) is 11.3 Å². The Bertz CT molecular complexity index is 479. The van der Waals surface area contributed by atoms with E-state index in [4.69, 9.17) is 4.74 Å². The molecule has 20 heavy (non-hydrogen) atoms. The standard InChI is InChI=1S/C14H23N3O3/c1-3-16(4-2)12-7-14(19)17(15-8-12)9-13(18)11-5-6-20-10-11/h7-8,11,13,18H,3-6,9-10H2,1-2H3. The Balaban J connectivity index is 2.07. The number of aromatic nitrogens is 2. The van der Waals surface area contributed by atoms with Gasteiger partial charge in [-0.2, -0.15) is 5.10 Å². The molecule has 1 saturated heterocycles. The van der Waals surface area contributed by atoms with Crippen LogP contribution in [0.5, 0.6) is 0 Å². The number of aliphatic hydroxyl groups is 1. The third-order valence-corrected chi connectivity index (χ3v) is 3.85. The maximum atomic E-state index is 12.1. The highest BCUT2D eigenvalue weighted by atomic mass is 16.5. The van der Waals surface area contributed by atoms with Crippen molar-refractivity contribution in [1.29, 1.82) is 0 Å². The molecule has 0 saturated carbocycles. The van der Waals surface area contributed by atoms with Gasteiger partial charge >= 0.3 is 0 Å². The molecule has 1 aromatic heterocycles. The van der Waals surface area contributed by atoms with Crippen molar-refractivity contribution in [3.8, 4) is 0 Å². The molecule has 1 aromatic rings. The van der Waals surface area contributed by atoms with E-state index >= 15 is 0 Å². The SMILES string of the molecule is CCN(CC)c1cnn(CC(O)C2CCOC2)c(=O)c1. The molecular formula is C14H23N3O3. The predicted octanol–water partition coefficient (Wildman–Crippen LogP) is 0.487. The van der Waals surface area contributed by atoms with Gasteiger partial charge in [0.1, 0.15) is 0 Å². The minimum Gasteiger partial charge on any atom is -0.391 e. The van der Waals surface area contributed by atoms with Gasteiger partial charge in [0.25, 0.3) is 5.56 Å². The summed E-state index contributed by atoms with van der Waals surface area (Å²) in [6.45, 7) is 7.23. The fraction of sp³-hybridized carbons (Fsp3) is 0.714. The first kappa shape index (κ1) is 15.0. The molecule has 1 fully saturated rings. The van der Waals surface area contributed by atoms with Crippen molar-refractivity contribution in [2.75, 3.05) is 31.2 Å². The second-order valence-electron chi connectivity index (χ2n) is 5.10. The van der Waals surface area contributed by atoms with Gasteiger partial charge in [-0.05, 0) is 20.3 Å². The molecule has 2 unspecified atom stereocenters. The Morgan fingerprint density at radius 1 is 1.55 bits per heavy atom. The van der Waals surface area contributed by atoms with E-state index in [-0.39, 0.29) is 18.0 Å². The lowest BCUT2D eigenvalue weighted by Gasteiger charge is -2.21. The largest absolute Gasteiger partial charge is 0.391 e. The molecule has 6 nitrogen and oxygen atoms in total. The third-order valence-electron chi connectivity index (χ3n) is 3.85. The van der Waals surface area contributed by atoms with E-state index < -0.39 is 6.10 Å². The second-order valence-corrected chi connectivity index (χ2v) is 5.10. The number of nitrogens with zero attached hydrogens (tertiary/aromatic N) is 3. The summed E-state index contributed by atoms with van der Waals surface area (Å²) < 4.78 is 6.58. The average Bonchev–Trinajstić information content (AvgIpc) is 2.97. The highest BCUT2D eigenvalue weighted by Crippen LogP contribution is 2.17. The van der Waals surface area contributed by atoms with Crippen molar-refractivity contribution in [2.24, 2.45) is 5.92 Å². The van der Waals surface area contributed by atoms with Crippen LogP contribution in [0.1, 0.15) is 20.3 Å². The van der Waals surface area contributed by atoms with Crippen LogP contribution < -0.4 is 10.5 Å². The van der Waals surface area contributed by atoms with Gasteiger partial charge in [-0.25, -0.2) is 4.68 Å². The van der Waals surface area contributed by atoms with E-state index in [2.05, 4.69) is 10.00 Å². The van der Waals surface area contributed by atoms with Crippen LogP contribution in [0.25, 0.3) is 0 Å². The van der Waals surface area contributed by atoms with E-state index in [1.807, 2.05) is 13.8 Å². The quantitative estimate of drug-likeness (QED) is 0.822. The number of aliphatic hydroxyl groups excluding tert-OH is 1. The van der Waals surface area contributed by atoms with Crippen LogP contribution in [0.4, 0.5) is 5.69 Å². The zero-order valence-corrected chi connectivity index (χ0v) is 12.2. The van der Waals surface area contributed by atoms with E-state index in [0.29, 0.717) is 13.2 Å². The second kappa shape index (κ2) is 6.85. The lowest BCUT2D eigenvalue weighted by Crippen LogP contribution is -2.34. The summed E-state index contributed by atoms with van der Waals surface area (Å²) in [6.07, 6.45) is 1.95. The number of hydrogen-bond acceptors (Lipinski definition) is 5. The van der Waals surface area contributed by atoms with Gasteiger partial charge in [-0.15, -0.1) is 0 Å². The van der Waals surface area contributed by atoms with E-state index in [1.54, 1.807) is 12.3 Å². The third kappa shape index (κ3) is 3.37. The van der Waals surface area contributed by atoms with Crippen LogP contribution in [0.15, 0.2) is 17.1 Å². The monoisotopic (exact) mass is 281 g/mol. The van der Waals surface area contributed by atoms with E-state index in [0.717, 1.165) is 25.2 Å². The lowest BCUT2D eigenvalue weighted by atomic mass is 10.0. The molecule has 1 aliphatic heterocycles. The van der Waals surface area contributed by atoms with Crippen molar-refractivity contribution in [2.45, 2.75) is 32.9 Å². The fourth-order valence-corrected chi connectivity index (χ4v) is 2.51. The number of rotatable bonds is 6. The van der Waals surface area contributed by atoms with Crippen molar-refractivity contribution < 1.29 is 9.84 Å². The van der Waals surface area contributed by atoms with Crippen LogP contribution in [0.3, 0.4) is 0 Å². The van der Waals surface area contributed by atoms with Gasteiger partial charge in [0.2, 0.25) is 0 Å². The summed E-state index contributed by atoms with van der Waals surface area (Å²) in [4.78, 5) is 14.1. The van der Waals surface area contributed by atoms with Crippen LogP contribution in [-0.4, -0.2) is 47.3 Å². The van der Waals surface area contributed by atoms with Crippen molar-refractivity contribution in [3.63, 3.8) is 0 Å². The molecule has 6 heteroatoms. The Labute approximate surface area is 119 Å². The minimum absolute atomic E-state index is 0.103. The van der Waals surface area contributed by atoms with Gasteiger partial charge in [-0.3, -0.25) is 4.79 Å². The Morgan fingerprint density at radius 3 is 2.85 bits per heavy atom. The highest BCUT2D eigenvalue weighted by Gasteiger charge is 2.24. The molecule has 112 valence electrons. The molecule has 2 heterocycles. The summed E-state index contributed by atoms with van der Waals surface area (Å²) in [5.41, 5.74) is 0.655. The highest BCUT2D eigenvalue weighted by molar-refractivity contribution is 5.42. The number of hydrogen-bond donors (Lipinski definition) is 1. The molecule has 0 amide bonds. The van der Waals surface area contributed by atoms with E-state index in [9.17, 15) is 9.90 Å². The Hall–Kier alpha value is -1.40. The molecule has 2 atom stereocenters. The van der Waals surface area contributed by atoms with Gasteiger partial charge in [0.05, 0.1) is 31.1 Å². The zero-order valence-electron chi connectivity index (χ0n) is 12.2. The van der Waals surface area contributed by atoms with Crippen LogP contribution in [0, 0.1) is 5.92 Å². The number of anilines is 1.